The highest BCUT2D eigenvalue weighted by atomic mass is 16.7. The number of carbonyl (C=O) groups excluding carboxylic acids is 4. The maximum Gasteiger partial charge on any atom is 0.516 e. The lowest BCUT2D eigenvalue weighted by atomic mass is 9.78. The van der Waals surface area contributed by atoms with Crippen molar-refractivity contribution >= 4 is 24.2 Å². The van der Waals surface area contributed by atoms with E-state index >= 15 is 0 Å². The van der Waals surface area contributed by atoms with E-state index in [0.29, 0.717) is 0 Å². The maximum atomic E-state index is 12.2. The van der Waals surface area contributed by atoms with Gasteiger partial charge < -0.3 is 18.9 Å². The topological polar surface area (TPSA) is 105 Å². The third-order valence-corrected chi connectivity index (χ3v) is 11.7. The molecule has 0 radical (unpaired) electrons. The van der Waals surface area contributed by atoms with Crippen LogP contribution in [0.3, 0.4) is 0 Å². The molecule has 2 atom stereocenters. The first-order valence-electron chi connectivity index (χ1n) is 24.2. The third kappa shape index (κ3) is 29.5. The van der Waals surface area contributed by atoms with E-state index in [1.807, 2.05) is 60.7 Å². The molecule has 0 saturated carbocycles. The summed E-state index contributed by atoms with van der Waals surface area (Å²) in [5.41, 5.74) is 1.70. The minimum atomic E-state index is -0.931. The Labute approximate surface area is 364 Å². The van der Waals surface area contributed by atoms with Gasteiger partial charge in [0.25, 0.3) is 0 Å². The second kappa shape index (κ2) is 37.1. The number of benzene rings is 2. The van der Waals surface area contributed by atoms with Gasteiger partial charge in [-0.1, -0.05) is 241 Å². The van der Waals surface area contributed by atoms with E-state index in [9.17, 15) is 19.2 Å². The molecule has 0 bridgehead atoms. The fourth-order valence-electron chi connectivity index (χ4n) is 8.15. The highest BCUT2D eigenvalue weighted by Crippen LogP contribution is 2.34. The van der Waals surface area contributed by atoms with Crippen LogP contribution in [-0.4, -0.2) is 24.2 Å². The first kappa shape index (κ1) is 52.5. The summed E-state index contributed by atoms with van der Waals surface area (Å²) in [4.78, 5) is 48.3. The van der Waals surface area contributed by atoms with E-state index in [2.05, 4.69) is 13.8 Å². The molecule has 0 fully saturated rings. The zero-order chi connectivity index (χ0) is 43.1. The Balaban J connectivity index is 1.77. The Morgan fingerprint density at radius 3 is 0.983 bits per heavy atom. The number of unbranched alkanes of at least 4 members (excludes halogenated alkanes) is 20. The van der Waals surface area contributed by atoms with Crippen LogP contribution in [0.25, 0.3) is 0 Å². The summed E-state index contributed by atoms with van der Waals surface area (Å²) in [6.45, 7) is 4.73. The van der Waals surface area contributed by atoms with Gasteiger partial charge >= 0.3 is 24.2 Å². The van der Waals surface area contributed by atoms with Crippen LogP contribution in [0.1, 0.15) is 218 Å². The number of carbonyl (C=O) groups is 4. The van der Waals surface area contributed by atoms with Crippen LogP contribution in [-0.2, 0) is 41.8 Å². The Kier molecular flexibility index (Phi) is 32.4. The molecule has 0 heterocycles. The number of hydrogen-bond donors (Lipinski definition) is 0. The third-order valence-electron chi connectivity index (χ3n) is 11.7. The monoisotopic (exact) mass is 835 g/mol. The molecule has 2 rings (SSSR count). The zero-order valence-corrected chi connectivity index (χ0v) is 37.8. The van der Waals surface area contributed by atoms with Gasteiger partial charge in [0.1, 0.15) is 13.2 Å². The Hall–Kier alpha value is -3.68. The fraction of sp³-hybridized carbons (Fsp3) is 0.692. The van der Waals surface area contributed by atoms with Crippen LogP contribution in [0.15, 0.2) is 60.7 Å². The lowest BCUT2D eigenvalue weighted by Crippen LogP contribution is -2.16. The summed E-state index contributed by atoms with van der Waals surface area (Å²) in [5.74, 6) is 0.480. The second-order valence-corrected chi connectivity index (χ2v) is 16.9. The van der Waals surface area contributed by atoms with E-state index in [4.69, 9.17) is 18.9 Å². The van der Waals surface area contributed by atoms with Crippen molar-refractivity contribution < 1.29 is 38.1 Å². The summed E-state index contributed by atoms with van der Waals surface area (Å²) in [7, 11) is 0. The van der Waals surface area contributed by atoms with Crippen molar-refractivity contribution in [2.75, 3.05) is 0 Å². The summed E-state index contributed by atoms with van der Waals surface area (Å²) in [6.07, 6.45) is 32.9. The smallest absolute Gasteiger partial charge is 0.429 e. The summed E-state index contributed by atoms with van der Waals surface area (Å²) in [6, 6.07) is 18.7. The average Bonchev–Trinajstić information content (AvgIpc) is 3.25. The van der Waals surface area contributed by atoms with E-state index in [1.165, 1.54) is 141 Å². The van der Waals surface area contributed by atoms with Crippen molar-refractivity contribution in [1.29, 1.82) is 0 Å². The van der Waals surface area contributed by atoms with Gasteiger partial charge in [-0.3, -0.25) is 9.59 Å². The molecular weight excluding hydrogens is 753 g/mol. The number of rotatable bonds is 37. The van der Waals surface area contributed by atoms with Crippen molar-refractivity contribution in [2.24, 2.45) is 11.8 Å². The van der Waals surface area contributed by atoms with Crippen molar-refractivity contribution in [3.05, 3.63) is 71.8 Å². The molecule has 0 aliphatic rings. The van der Waals surface area contributed by atoms with Crippen molar-refractivity contribution in [3.63, 3.8) is 0 Å². The molecule has 338 valence electrons. The predicted octanol–water partition coefficient (Wildman–Crippen LogP) is 15.7. The molecular formula is C52H82O8. The average molecular weight is 835 g/mol. The highest BCUT2D eigenvalue weighted by Gasteiger charge is 2.21. The molecule has 2 aromatic rings. The number of ether oxygens (including phenoxy) is 4. The molecule has 2 aromatic carbocycles. The lowest BCUT2D eigenvalue weighted by molar-refractivity contribution is -0.141. The summed E-state index contributed by atoms with van der Waals surface area (Å²) in [5, 5.41) is 0. The molecule has 8 heteroatoms. The SMILES string of the molecule is CCCCCCCCCC(CCCCCCCC(=O)OC(=O)OCc1ccccc1)C(CCCCCCCCC)CCCCCCCC(=O)OC(=O)OCc1ccccc1. The molecule has 0 amide bonds. The zero-order valence-electron chi connectivity index (χ0n) is 37.8. The lowest BCUT2D eigenvalue weighted by Gasteiger charge is -2.28. The van der Waals surface area contributed by atoms with E-state index < -0.39 is 24.2 Å². The molecule has 0 saturated heterocycles. The number of hydrogen-bond acceptors (Lipinski definition) is 8. The van der Waals surface area contributed by atoms with Gasteiger partial charge in [-0.15, -0.1) is 0 Å². The fourth-order valence-corrected chi connectivity index (χ4v) is 8.15. The van der Waals surface area contributed by atoms with Crippen molar-refractivity contribution in [3.8, 4) is 0 Å². The maximum absolute atomic E-state index is 12.2. The normalized spacial score (nSPS) is 12.1. The quantitative estimate of drug-likeness (QED) is 0.0376. The Morgan fingerprint density at radius 2 is 0.667 bits per heavy atom. The van der Waals surface area contributed by atoms with Crippen LogP contribution in [0, 0.1) is 11.8 Å². The van der Waals surface area contributed by atoms with Crippen molar-refractivity contribution in [2.45, 2.75) is 220 Å². The summed E-state index contributed by atoms with van der Waals surface area (Å²) >= 11 is 0. The van der Waals surface area contributed by atoms with E-state index in [0.717, 1.165) is 61.5 Å². The summed E-state index contributed by atoms with van der Waals surface area (Å²) < 4.78 is 19.9. The van der Waals surface area contributed by atoms with Crippen molar-refractivity contribution in [1.82, 2.24) is 0 Å². The molecule has 0 N–H and O–H groups in total. The van der Waals surface area contributed by atoms with Gasteiger partial charge in [0.05, 0.1) is 0 Å². The Morgan fingerprint density at radius 1 is 0.383 bits per heavy atom. The van der Waals surface area contributed by atoms with Crippen LogP contribution in [0.5, 0.6) is 0 Å². The molecule has 0 spiro atoms. The van der Waals surface area contributed by atoms with Gasteiger partial charge in [0.15, 0.2) is 0 Å². The minimum Gasteiger partial charge on any atom is -0.429 e. The standard InChI is InChI=1S/C52H82O8/c1-3-5-7-9-11-15-27-37-47(39-29-17-13-19-31-41-49(53)59-51(55)57-43-45-33-23-21-24-34-45)48(38-28-16-12-10-8-6-4-2)40-30-18-14-20-32-42-50(54)60-52(56)58-44-46-35-25-22-26-36-46/h21-26,33-36,47-48H,3-20,27-32,37-44H2,1-2H3. The van der Waals surface area contributed by atoms with Crippen LogP contribution in [0.2, 0.25) is 0 Å². The van der Waals surface area contributed by atoms with Gasteiger partial charge in [-0.2, -0.15) is 0 Å². The molecule has 0 aliphatic carbocycles. The predicted molar refractivity (Wildman–Crippen MR) is 242 cm³/mol. The van der Waals surface area contributed by atoms with Gasteiger partial charge in [-0.05, 0) is 35.8 Å². The Bertz CT molecular complexity index is 1240. The number of esters is 2. The molecule has 2 unspecified atom stereocenters. The minimum absolute atomic E-state index is 0.0878. The largest absolute Gasteiger partial charge is 0.516 e. The van der Waals surface area contributed by atoms with Crippen LogP contribution < -0.4 is 0 Å². The molecule has 8 nitrogen and oxygen atoms in total. The van der Waals surface area contributed by atoms with E-state index in [1.54, 1.807) is 0 Å². The molecule has 0 aliphatic heterocycles. The second-order valence-electron chi connectivity index (χ2n) is 16.9. The van der Waals surface area contributed by atoms with Gasteiger partial charge in [-0.25, -0.2) is 9.59 Å². The molecule has 0 aromatic heterocycles. The van der Waals surface area contributed by atoms with Gasteiger partial charge in [0.2, 0.25) is 0 Å². The highest BCUT2D eigenvalue weighted by molar-refractivity contribution is 5.82. The van der Waals surface area contributed by atoms with Gasteiger partial charge in [0, 0.05) is 12.8 Å². The molecule has 60 heavy (non-hydrogen) atoms. The van der Waals surface area contributed by atoms with Crippen LogP contribution >= 0.6 is 0 Å². The first-order chi connectivity index (χ1) is 29.4. The van der Waals surface area contributed by atoms with Crippen LogP contribution in [0.4, 0.5) is 9.59 Å². The first-order valence-corrected chi connectivity index (χ1v) is 24.2. The van der Waals surface area contributed by atoms with E-state index in [-0.39, 0.29) is 26.1 Å².